The molecule has 0 radical (unpaired) electrons. The fourth-order valence-electron chi connectivity index (χ4n) is 1.04. The molecule has 0 heterocycles. The van der Waals surface area contributed by atoms with Crippen LogP contribution in [0.2, 0.25) is 0 Å². The lowest BCUT2D eigenvalue weighted by Crippen LogP contribution is -2.35. The normalized spacial score (nSPS) is 12.0. The molecule has 0 aromatic rings. The summed E-state index contributed by atoms with van der Waals surface area (Å²) in [4.78, 5) is 0. The molecule has 0 aliphatic rings. The van der Waals surface area contributed by atoms with Crippen LogP contribution in [0.1, 0.15) is 40.0 Å². The van der Waals surface area contributed by atoms with Gasteiger partial charge in [-0.2, -0.15) is 0 Å². The van der Waals surface area contributed by atoms with Crippen molar-refractivity contribution in [3.63, 3.8) is 0 Å². The molecule has 3 heteroatoms. The molecule has 0 amide bonds. The number of ether oxygens (including phenoxy) is 1. The van der Waals surface area contributed by atoms with Gasteiger partial charge in [-0.25, -0.2) is 0 Å². The molecule has 0 bridgehead atoms. The average molecular weight is 203 g/mol. The van der Waals surface area contributed by atoms with Gasteiger partial charge in [0.15, 0.2) is 0 Å². The zero-order valence-corrected chi connectivity index (χ0v) is 9.81. The Hall–Kier alpha value is -0.120. The lowest BCUT2D eigenvalue weighted by molar-refractivity contribution is 0.0779. The van der Waals surface area contributed by atoms with E-state index in [0.717, 1.165) is 32.6 Å². The summed E-state index contributed by atoms with van der Waals surface area (Å²) in [6.07, 6.45) is 3.36. The molecule has 0 saturated carbocycles. The summed E-state index contributed by atoms with van der Waals surface area (Å²) in [6, 6.07) is 0. The smallest absolute Gasteiger partial charge is 0.0715 e. The highest BCUT2D eigenvalue weighted by Crippen LogP contribution is 1.97. The third-order valence-electron chi connectivity index (χ3n) is 1.84. The molecule has 3 nitrogen and oxygen atoms in total. The van der Waals surface area contributed by atoms with Crippen molar-refractivity contribution in [1.29, 1.82) is 0 Å². The van der Waals surface area contributed by atoms with Crippen molar-refractivity contribution in [3.8, 4) is 0 Å². The third-order valence-corrected chi connectivity index (χ3v) is 1.84. The fourth-order valence-corrected chi connectivity index (χ4v) is 1.04. The number of nitrogens with one attached hydrogen (secondary N) is 1. The van der Waals surface area contributed by atoms with E-state index < -0.39 is 5.60 Å². The Labute approximate surface area is 87.8 Å². The van der Waals surface area contributed by atoms with Crippen molar-refractivity contribution in [3.05, 3.63) is 0 Å². The van der Waals surface area contributed by atoms with Crippen LogP contribution in [0.5, 0.6) is 0 Å². The van der Waals surface area contributed by atoms with E-state index in [9.17, 15) is 5.11 Å². The Morgan fingerprint density at radius 2 is 1.86 bits per heavy atom. The van der Waals surface area contributed by atoms with Crippen LogP contribution in [0.25, 0.3) is 0 Å². The molecule has 86 valence electrons. The summed E-state index contributed by atoms with van der Waals surface area (Å²) in [5, 5.41) is 12.6. The first-order valence-corrected chi connectivity index (χ1v) is 5.57. The van der Waals surface area contributed by atoms with Crippen LogP contribution < -0.4 is 5.32 Å². The maximum Gasteiger partial charge on any atom is 0.0715 e. The van der Waals surface area contributed by atoms with E-state index in [-0.39, 0.29) is 0 Å². The van der Waals surface area contributed by atoms with Crippen LogP contribution in [-0.4, -0.2) is 37.0 Å². The summed E-state index contributed by atoms with van der Waals surface area (Å²) in [5.41, 5.74) is -0.608. The molecule has 0 aliphatic carbocycles. The molecule has 0 atom stereocenters. The van der Waals surface area contributed by atoms with E-state index in [0.29, 0.717) is 6.54 Å². The minimum absolute atomic E-state index is 0.608. The zero-order valence-electron chi connectivity index (χ0n) is 9.81. The minimum atomic E-state index is -0.608. The lowest BCUT2D eigenvalue weighted by Gasteiger charge is -2.17. The van der Waals surface area contributed by atoms with Crippen LogP contribution in [0.4, 0.5) is 0 Å². The van der Waals surface area contributed by atoms with Crippen molar-refractivity contribution < 1.29 is 9.84 Å². The largest absolute Gasteiger partial charge is 0.389 e. The molecule has 0 fully saturated rings. The van der Waals surface area contributed by atoms with Crippen molar-refractivity contribution in [2.75, 3.05) is 26.3 Å². The highest BCUT2D eigenvalue weighted by molar-refractivity contribution is 4.67. The summed E-state index contributed by atoms with van der Waals surface area (Å²) in [6.45, 7) is 9.02. The van der Waals surface area contributed by atoms with E-state index >= 15 is 0 Å². The molecule has 0 unspecified atom stereocenters. The van der Waals surface area contributed by atoms with Gasteiger partial charge in [0.2, 0.25) is 0 Å². The molecule has 0 aromatic carbocycles. The first-order chi connectivity index (χ1) is 6.56. The van der Waals surface area contributed by atoms with E-state index in [1.54, 1.807) is 13.8 Å². The Bertz CT molecular complexity index is 121. The number of hydrogen-bond acceptors (Lipinski definition) is 3. The molecule has 0 spiro atoms. The quantitative estimate of drug-likeness (QED) is 0.559. The Morgan fingerprint density at radius 1 is 1.21 bits per heavy atom. The number of rotatable bonds is 9. The predicted octanol–water partition coefficient (Wildman–Crippen LogP) is 1.55. The van der Waals surface area contributed by atoms with Crippen molar-refractivity contribution >= 4 is 0 Å². The topological polar surface area (TPSA) is 41.5 Å². The molecule has 0 aromatic heterocycles. The molecule has 0 rings (SSSR count). The van der Waals surface area contributed by atoms with Crippen LogP contribution in [0, 0.1) is 0 Å². The van der Waals surface area contributed by atoms with Crippen LogP contribution in [0.3, 0.4) is 0 Å². The van der Waals surface area contributed by atoms with Crippen molar-refractivity contribution in [2.24, 2.45) is 0 Å². The second kappa shape index (κ2) is 8.21. The second-order valence-corrected chi connectivity index (χ2v) is 4.31. The first-order valence-electron chi connectivity index (χ1n) is 5.57. The maximum absolute atomic E-state index is 9.40. The summed E-state index contributed by atoms with van der Waals surface area (Å²) >= 11 is 0. The Kier molecular flexibility index (Phi) is 8.14. The van der Waals surface area contributed by atoms with E-state index in [4.69, 9.17) is 4.74 Å². The standard InChI is InChI=1S/C11H25NO2/c1-4-5-8-14-9-6-7-12-10-11(2,3)13/h12-13H,4-10H2,1-3H3. The van der Waals surface area contributed by atoms with Crippen molar-refractivity contribution in [2.45, 2.75) is 45.6 Å². The van der Waals surface area contributed by atoms with Gasteiger partial charge in [-0.15, -0.1) is 0 Å². The SMILES string of the molecule is CCCCOCCCNCC(C)(C)O. The minimum Gasteiger partial charge on any atom is -0.389 e. The summed E-state index contributed by atoms with van der Waals surface area (Å²) in [5.74, 6) is 0. The van der Waals surface area contributed by atoms with Gasteiger partial charge < -0.3 is 15.2 Å². The highest BCUT2D eigenvalue weighted by atomic mass is 16.5. The van der Waals surface area contributed by atoms with Gasteiger partial charge in [0.25, 0.3) is 0 Å². The first kappa shape index (κ1) is 13.9. The molecular formula is C11H25NO2. The maximum atomic E-state index is 9.40. The van der Waals surface area contributed by atoms with Crippen LogP contribution in [-0.2, 0) is 4.74 Å². The number of unbranched alkanes of at least 4 members (excludes halogenated alkanes) is 1. The third kappa shape index (κ3) is 11.9. The number of hydrogen-bond donors (Lipinski definition) is 2. The van der Waals surface area contributed by atoms with Gasteiger partial charge in [0, 0.05) is 19.8 Å². The molecule has 0 aliphatic heterocycles. The van der Waals surface area contributed by atoms with E-state index in [2.05, 4.69) is 12.2 Å². The van der Waals surface area contributed by atoms with Gasteiger partial charge in [-0.05, 0) is 33.2 Å². The highest BCUT2D eigenvalue weighted by Gasteiger charge is 2.10. The lowest BCUT2D eigenvalue weighted by atomic mass is 10.1. The Morgan fingerprint density at radius 3 is 2.43 bits per heavy atom. The van der Waals surface area contributed by atoms with E-state index in [1.807, 2.05) is 0 Å². The van der Waals surface area contributed by atoms with Crippen LogP contribution >= 0.6 is 0 Å². The molecule has 0 saturated heterocycles. The monoisotopic (exact) mass is 203 g/mol. The number of aliphatic hydroxyl groups is 1. The van der Waals surface area contributed by atoms with Gasteiger partial charge >= 0.3 is 0 Å². The molecular weight excluding hydrogens is 178 g/mol. The average Bonchev–Trinajstić information content (AvgIpc) is 2.08. The zero-order chi connectivity index (χ0) is 10.9. The second-order valence-electron chi connectivity index (χ2n) is 4.31. The fraction of sp³-hybridized carbons (Fsp3) is 1.00. The van der Waals surface area contributed by atoms with Gasteiger partial charge in [0.05, 0.1) is 5.60 Å². The molecule has 14 heavy (non-hydrogen) atoms. The summed E-state index contributed by atoms with van der Waals surface area (Å²) in [7, 11) is 0. The Balaban J connectivity index is 2.99. The summed E-state index contributed by atoms with van der Waals surface area (Å²) < 4.78 is 5.40. The van der Waals surface area contributed by atoms with Gasteiger partial charge in [-0.1, -0.05) is 13.3 Å². The molecule has 2 N–H and O–H groups in total. The predicted molar refractivity (Wildman–Crippen MR) is 59.5 cm³/mol. The van der Waals surface area contributed by atoms with Crippen LogP contribution in [0.15, 0.2) is 0 Å². The van der Waals surface area contributed by atoms with Crippen molar-refractivity contribution in [1.82, 2.24) is 5.32 Å². The van der Waals surface area contributed by atoms with Gasteiger partial charge in [0.1, 0.15) is 0 Å². The van der Waals surface area contributed by atoms with Gasteiger partial charge in [-0.3, -0.25) is 0 Å². The van der Waals surface area contributed by atoms with E-state index in [1.165, 1.54) is 6.42 Å².